The van der Waals surface area contributed by atoms with Crippen LogP contribution in [0, 0.1) is 29.1 Å². The molecule has 0 bridgehead atoms. The quantitative estimate of drug-likeness (QED) is 0.577. The maximum atomic E-state index is 2.46. The van der Waals surface area contributed by atoms with Crippen LogP contribution in [0.4, 0.5) is 0 Å². The molecule has 0 amide bonds. The minimum atomic E-state index is 0.533. The van der Waals surface area contributed by atoms with Gasteiger partial charge in [-0.2, -0.15) is 0 Å². The molecule has 1 aliphatic rings. The van der Waals surface area contributed by atoms with Gasteiger partial charge in [-0.25, -0.2) is 0 Å². The summed E-state index contributed by atoms with van der Waals surface area (Å²) in [6.45, 7) is 14.0. The van der Waals surface area contributed by atoms with E-state index in [1.807, 2.05) is 0 Å². The third kappa shape index (κ3) is 2.40. The van der Waals surface area contributed by atoms with Gasteiger partial charge < -0.3 is 0 Å². The lowest BCUT2D eigenvalue weighted by molar-refractivity contribution is 0.277. The van der Waals surface area contributed by atoms with Crippen LogP contribution in [0.1, 0.15) is 48.0 Å². The van der Waals surface area contributed by atoms with E-state index >= 15 is 0 Å². The Kier molecular flexibility index (Phi) is 3.44. The molecule has 1 rings (SSSR count). The third-order valence-corrected chi connectivity index (χ3v) is 3.98. The zero-order chi connectivity index (χ0) is 10.9. The van der Waals surface area contributed by atoms with Gasteiger partial charge in [-0.05, 0) is 29.1 Å². The average molecular weight is 194 g/mol. The first-order valence-electron chi connectivity index (χ1n) is 6.08. The first kappa shape index (κ1) is 11.8. The molecule has 0 radical (unpaired) electrons. The van der Waals surface area contributed by atoms with E-state index in [0.717, 1.165) is 17.8 Å². The summed E-state index contributed by atoms with van der Waals surface area (Å²) in [4.78, 5) is 0. The van der Waals surface area contributed by atoms with Crippen molar-refractivity contribution in [1.29, 1.82) is 0 Å². The van der Waals surface area contributed by atoms with Crippen LogP contribution in [-0.4, -0.2) is 0 Å². The van der Waals surface area contributed by atoms with E-state index in [4.69, 9.17) is 0 Å². The Labute approximate surface area is 89.8 Å². The third-order valence-electron chi connectivity index (χ3n) is 3.98. The van der Waals surface area contributed by atoms with Crippen molar-refractivity contribution in [3.8, 4) is 0 Å². The largest absolute Gasteiger partial charge is 0.0857 e. The van der Waals surface area contributed by atoms with Gasteiger partial charge >= 0.3 is 0 Å². The van der Waals surface area contributed by atoms with Crippen molar-refractivity contribution in [2.24, 2.45) is 29.1 Å². The first-order chi connectivity index (χ1) is 6.40. The summed E-state index contributed by atoms with van der Waals surface area (Å²) in [6.07, 6.45) is 6.12. The highest BCUT2D eigenvalue weighted by Crippen LogP contribution is 2.58. The molecule has 0 heteroatoms. The zero-order valence-electron chi connectivity index (χ0n) is 10.7. The molecule has 0 aromatic rings. The van der Waals surface area contributed by atoms with Gasteiger partial charge in [0.1, 0.15) is 0 Å². The predicted octanol–water partition coefficient (Wildman–Crippen LogP) is 4.52. The summed E-state index contributed by atoms with van der Waals surface area (Å²) in [5.74, 6) is 3.38. The second-order valence-electron chi connectivity index (χ2n) is 5.93. The fraction of sp³-hybridized carbons (Fsp3) is 0.857. The summed E-state index contributed by atoms with van der Waals surface area (Å²) >= 11 is 0. The van der Waals surface area contributed by atoms with Gasteiger partial charge in [0, 0.05) is 0 Å². The maximum Gasteiger partial charge on any atom is -0.0168 e. The molecule has 0 nitrogen and oxygen atoms in total. The highest BCUT2D eigenvalue weighted by molar-refractivity contribution is 5.11. The maximum absolute atomic E-state index is 2.46. The SMILES string of the molecule is CCC(C)(C)C1C(C)C1C=CC(C)C. The molecule has 1 fully saturated rings. The molecule has 0 aromatic heterocycles. The van der Waals surface area contributed by atoms with Crippen LogP contribution in [0.5, 0.6) is 0 Å². The van der Waals surface area contributed by atoms with Gasteiger partial charge in [-0.15, -0.1) is 0 Å². The summed E-state index contributed by atoms with van der Waals surface area (Å²) < 4.78 is 0. The van der Waals surface area contributed by atoms with Crippen molar-refractivity contribution in [3.05, 3.63) is 12.2 Å². The topological polar surface area (TPSA) is 0 Å². The van der Waals surface area contributed by atoms with E-state index in [0.29, 0.717) is 11.3 Å². The van der Waals surface area contributed by atoms with Crippen LogP contribution in [0.2, 0.25) is 0 Å². The Morgan fingerprint density at radius 1 is 1.29 bits per heavy atom. The molecule has 1 saturated carbocycles. The molecule has 0 heterocycles. The second-order valence-corrected chi connectivity index (χ2v) is 5.93. The average Bonchev–Trinajstić information content (AvgIpc) is 2.74. The van der Waals surface area contributed by atoms with Gasteiger partial charge in [0.25, 0.3) is 0 Å². The summed E-state index contributed by atoms with van der Waals surface area (Å²) in [5, 5.41) is 0. The first-order valence-corrected chi connectivity index (χ1v) is 6.08. The molecule has 0 aliphatic heterocycles. The Morgan fingerprint density at radius 3 is 2.29 bits per heavy atom. The Bertz CT molecular complexity index is 210. The van der Waals surface area contributed by atoms with E-state index in [-0.39, 0.29) is 0 Å². The molecule has 0 N–H and O–H groups in total. The van der Waals surface area contributed by atoms with E-state index in [1.165, 1.54) is 6.42 Å². The number of hydrogen-bond donors (Lipinski definition) is 0. The lowest BCUT2D eigenvalue weighted by Gasteiger charge is -2.22. The van der Waals surface area contributed by atoms with Crippen molar-refractivity contribution in [2.45, 2.75) is 48.0 Å². The second kappa shape index (κ2) is 4.08. The zero-order valence-corrected chi connectivity index (χ0v) is 10.7. The van der Waals surface area contributed by atoms with Crippen LogP contribution >= 0.6 is 0 Å². The molecular formula is C14H26. The van der Waals surface area contributed by atoms with E-state index in [2.05, 4.69) is 53.7 Å². The van der Waals surface area contributed by atoms with Crippen LogP contribution in [0.3, 0.4) is 0 Å². The normalized spacial score (nSPS) is 32.9. The number of allylic oxidation sites excluding steroid dienone is 2. The van der Waals surface area contributed by atoms with Crippen LogP contribution in [0.25, 0.3) is 0 Å². The molecular weight excluding hydrogens is 168 g/mol. The molecule has 0 spiro atoms. The standard InChI is InChI=1S/C14H26/c1-7-14(5,6)13-11(4)12(13)9-8-10(2)3/h8-13H,7H2,1-6H3. The van der Waals surface area contributed by atoms with Crippen LogP contribution in [0.15, 0.2) is 12.2 Å². The van der Waals surface area contributed by atoms with Gasteiger partial charge in [0.05, 0.1) is 0 Å². The van der Waals surface area contributed by atoms with Gasteiger partial charge in [0.15, 0.2) is 0 Å². The number of hydrogen-bond acceptors (Lipinski definition) is 0. The van der Waals surface area contributed by atoms with Gasteiger partial charge in [0.2, 0.25) is 0 Å². The molecule has 3 unspecified atom stereocenters. The summed E-state index contributed by atoms with van der Waals surface area (Å²) in [5.41, 5.74) is 0.533. The van der Waals surface area contributed by atoms with E-state index in [1.54, 1.807) is 0 Å². The fourth-order valence-electron chi connectivity index (χ4n) is 2.61. The molecule has 0 saturated heterocycles. The monoisotopic (exact) mass is 194 g/mol. The molecule has 14 heavy (non-hydrogen) atoms. The highest BCUT2D eigenvalue weighted by atomic mass is 14.6. The predicted molar refractivity (Wildman–Crippen MR) is 64.2 cm³/mol. The smallest absolute Gasteiger partial charge is 0.0168 e. The van der Waals surface area contributed by atoms with Crippen molar-refractivity contribution >= 4 is 0 Å². The Balaban J connectivity index is 2.54. The molecule has 0 aromatic carbocycles. The van der Waals surface area contributed by atoms with E-state index < -0.39 is 0 Å². The fourth-order valence-corrected chi connectivity index (χ4v) is 2.61. The molecule has 1 aliphatic carbocycles. The Morgan fingerprint density at radius 2 is 1.86 bits per heavy atom. The lowest BCUT2D eigenvalue weighted by atomic mass is 9.83. The Hall–Kier alpha value is -0.260. The van der Waals surface area contributed by atoms with Crippen molar-refractivity contribution < 1.29 is 0 Å². The van der Waals surface area contributed by atoms with Crippen LogP contribution in [-0.2, 0) is 0 Å². The summed E-state index contributed by atoms with van der Waals surface area (Å²) in [7, 11) is 0. The molecule has 3 atom stereocenters. The molecule has 82 valence electrons. The van der Waals surface area contributed by atoms with Crippen molar-refractivity contribution in [1.82, 2.24) is 0 Å². The van der Waals surface area contributed by atoms with E-state index in [9.17, 15) is 0 Å². The minimum absolute atomic E-state index is 0.533. The lowest BCUT2D eigenvalue weighted by Crippen LogP contribution is -2.14. The minimum Gasteiger partial charge on any atom is -0.0857 e. The highest BCUT2D eigenvalue weighted by Gasteiger charge is 2.52. The van der Waals surface area contributed by atoms with Gasteiger partial charge in [-0.1, -0.05) is 60.1 Å². The summed E-state index contributed by atoms with van der Waals surface area (Å²) in [6, 6.07) is 0. The van der Waals surface area contributed by atoms with Crippen LogP contribution < -0.4 is 0 Å². The van der Waals surface area contributed by atoms with Gasteiger partial charge in [-0.3, -0.25) is 0 Å². The van der Waals surface area contributed by atoms with Crippen molar-refractivity contribution in [3.63, 3.8) is 0 Å². The number of rotatable bonds is 4. The van der Waals surface area contributed by atoms with Crippen molar-refractivity contribution in [2.75, 3.05) is 0 Å².